The smallest absolute Gasteiger partial charge is 0.267 e. The van der Waals surface area contributed by atoms with Crippen LogP contribution in [-0.2, 0) is 4.79 Å². The number of benzene rings is 2. The lowest BCUT2D eigenvalue weighted by molar-refractivity contribution is -0.146. The fraction of sp³-hybridized carbons (Fsp3) is 0.286. The Morgan fingerprint density at radius 1 is 1.10 bits per heavy atom. The van der Waals surface area contributed by atoms with Gasteiger partial charge in [0.05, 0.1) is 18.6 Å². The van der Waals surface area contributed by atoms with Crippen LogP contribution in [0.25, 0.3) is 11.4 Å². The van der Waals surface area contributed by atoms with Crippen molar-refractivity contribution in [2.45, 2.75) is 12.0 Å². The van der Waals surface area contributed by atoms with Crippen molar-refractivity contribution >= 4 is 5.91 Å². The zero-order chi connectivity index (χ0) is 19.8. The van der Waals surface area contributed by atoms with Crippen molar-refractivity contribution in [3.05, 3.63) is 54.4 Å². The number of rotatable bonds is 4. The van der Waals surface area contributed by atoms with Crippen molar-refractivity contribution in [1.82, 2.24) is 15.0 Å². The Morgan fingerprint density at radius 3 is 2.69 bits per heavy atom. The highest BCUT2D eigenvalue weighted by Gasteiger charge is 2.40. The molecular weight excluding hydrogens is 374 g/mol. The van der Waals surface area contributed by atoms with E-state index in [0.717, 1.165) is 5.56 Å². The van der Waals surface area contributed by atoms with Crippen molar-refractivity contribution in [2.75, 3.05) is 26.8 Å². The largest absolute Gasteiger partial charge is 0.496 e. The number of hydrogen-bond acceptors (Lipinski definition) is 7. The summed E-state index contributed by atoms with van der Waals surface area (Å²) in [5, 5.41) is 4.07. The Balaban J connectivity index is 1.23. The first-order valence-electron chi connectivity index (χ1n) is 9.37. The van der Waals surface area contributed by atoms with Gasteiger partial charge < -0.3 is 23.6 Å². The SMILES string of the molecule is COc1ccccc1-c1noc(C2CN(C(=O)C3COc4ccccc4O3)C2)n1. The van der Waals surface area contributed by atoms with Gasteiger partial charge in [-0.15, -0.1) is 0 Å². The van der Waals surface area contributed by atoms with Crippen LogP contribution in [-0.4, -0.2) is 53.9 Å². The van der Waals surface area contributed by atoms with E-state index in [9.17, 15) is 4.79 Å². The highest BCUT2D eigenvalue weighted by atomic mass is 16.6. The van der Waals surface area contributed by atoms with Crippen molar-refractivity contribution in [1.29, 1.82) is 0 Å². The third-order valence-electron chi connectivity index (χ3n) is 5.12. The van der Waals surface area contributed by atoms with E-state index in [1.54, 1.807) is 18.1 Å². The molecule has 2 aliphatic rings. The molecule has 0 radical (unpaired) electrons. The van der Waals surface area contributed by atoms with Crippen LogP contribution in [0.2, 0.25) is 0 Å². The van der Waals surface area contributed by atoms with E-state index in [0.29, 0.717) is 42.1 Å². The molecule has 0 bridgehead atoms. The second kappa shape index (κ2) is 7.12. The van der Waals surface area contributed by atoms with Gasteiger partial charge in [-0.3, -0.25) is 4.79 Å². The molecule has 1 amide bonds. The van der Waals surface area contributed by atoms with E-state index < -0.39 is 6.10 Å². The molecule has 3 aromatic rings. The minimum absolute atomic E-state index is 0.00621. The standard InChI is InChI=1S/C21H19N3O5/c1-26-15-7-3-2-6-14(15)19-22-20(29-23-19)13-10-24(11-13)21(25)18-12-27-16-8-4-5-9-17(16)28-18/h2-9,13,18H,10-12H2,1H3. The summed E-state index contributed by atoms with van der Waals surface area (Å²) in [5.41, 5.74) is 0.767. The second-order valence-corrected chi connectivity index (χ2v) is 6.96. The van der Waals surface area contributed by atoms with Crippen LogP contribution in [0, 0.1) is 0 Å². The lowest BCUT2D eigenvalue weighted by atomic mass is 9.99. The molecule has 29 heavy (non-hydrogen) atoms. The van der Waals surface area contributed by atoms with Gasteiger partial charge in [0, 0.05) is 13.1 Å². The van der Waals surface area contributed by atoms with Crippen LogP contribution in [0.15, 0.2) is 53.1 Å². The lowest BCUT2D eigenvalue weighted by Gasteiger charge is -2.39. The number of likely N-dealkylation sites (tertiary alicyclic amines) is 1. The third kappa shape index (κ3) is 3.16. The molecule has 1 saturated heterocycles. The maximum absolute atomic E-state index is 12.7. The molecule has 0 spiro atoms. The Bertz CT molecular complexity index is 1040. The van der Waals surface area contributed by atoms with Crippen LogP contribution in [0.1, 0.15) is 11.8 Å². The maximum Gasteiger partial charge on any atom is 0.267 e. The van der Waals surface area contributed by atoms with Gasteiger partial charge in [0.25, 0.3) is 5.91 Å². The first kappa shape index (κ1) is 17.5. The highest BCUT2D eigenvalue weighted by molar-refractivity contribution is 5.83. The van der Waals surface area contributed by atoms with Crippen LogP contribution in [0.5, 0.6) is 17.2 Å². The molecule has 0 aliphatic carbocycles. The third-order valence-corrected chi connectivity index (χ3v) is 5.12. The Hall–Kier alpha value is -3.55. The van der Waals surface area contributed by atoms with Crippen LogP contribution in [0.3, 0.4) is 0 Å². The quantitative estimate of drug-likeness (QED) is 0.673. The molecule has 3 heterocycles. The molecular formula is C21H19N3O5. The average molecular weight is 393 g/mol. The summed E-state index contributed by atoms with van der Waals surface area (Å²) in [5.74, 6) is 2.83. The highest BCUT2D eigenvalue weighted by Crippen LogP contribution is 2.34. The summed E-state index contributed by atoms with van der Waals surface area (Å²) in [4.78, 5) is 18.9. The number of carbonyl (C=O) groups is 1. The van der Waals surface area contributed by atoms with Crippen molar-refractivity contribution in [2.24, 2.45) is 0 Å². The number of hydrogen-bond donors (Lipinski definition) is 0. The number of aromatic nitrogens is 2. The minimum atomic E-state index is -0.641. The zero-order valence-electron chi connectivity index (χ0n) is 15.8. The summed E-state index contributed by atoms with van der Waals surface area (Å²) >= 11 is 0. The van der Waals surface area contributed by atoms with Crippen LogP contribution >= 0.6 is 0 Å². The molecule has 1 aromatic heterocycles. The summed E-state index contributed by atoms with van der Waals surface area (Å²) in [6.07, 6.45) is -0.641. The van der Waals surface area contributed by atoms with Crippen LogP contribution in [0.4, 0.5) is 0 Å². The summed E-state index contributed by atoms with van der Waals surface area (Å²) in [6, 6.07) is 14.8. The number of fused-ring (bicyclic) bond motifs is 1. The minimum Gasteiger partial charge on any atom is -0.496 e. The fourth-order valence-electron chi connectivity index (χ4n) is 3.50. The van der Waals surface area contributed by atoms with Crippen molar-refractivity contribution in [3.8, 4) is 28.6 Å². The Morgan fingerprint density at radius 2 is 1.86 bits per heavy atom. The molecule has 1 unspecified atom stereocenters. The summed E-state index contributed by atoms with van der Waals surface area (Å²) in [7, 11) is 1.60. The van der Waals surface area contributed by atoms with Gasteiger partial charge >= 0.3 is 0 Å². The predicted molar refractivity (Wildman–Crippen MR) is 102 cm³/mol. The van der Waals surface area contributed by atoms with Gasteiger partial charge in [-0.25, -0.2) is 0 Å². The number of amides is 1. The van der Waals surface area contributed by atoms with E-state index in [1.807, 2.05) is 42.5 Å². The molecule has 8 nitrogen and oxygen atoms in total. The average Bonchev–Trinajstić information content (AvgIpc) is 3.21. The monoisotopic (exact) mass is 393 g/mol. The molecule has 0 saturated carbocycles. The maximum atomic E-state index is 12.7. The number of carbonyl (C=O) groups excluding carboxylic acids is 1. The van der Waals surface area contributed by atoms with Gasteiger partial charge in [-0.05, 0) is 24.3 Å². The van der Waals surface area contributed by atoms with Gasteiger partial charge in [0.15, 0.2) is 11.5 Å². The molecule has 1 fully saturated rings. The number of nitrogens with zero attached hydrogens (tertiary/aromatic N) is 3. The van der Waals surface area contributed by atoms with Gasteiger partial charge in [0.2, 0.25) is 17.8 Å². The van der Waals surface area contributed by atoms with E-state index in [2.05, 4.69) is 10.1 Å². The lowest BCUT2D eigenvalue weighted by Crippen LogP contribution is -2.55. The van der Waals surface area contributed by atoms with E-state index in [4.69, 9.17) is 18.7 Å². The number of methoxy groups -OCH3 is 1. The first-order valence-corrected chi connectivity index (χ1v) is 9.37. The summed E-state index contributed by atoms with van der Waals surface area (Å²) in [6.45, 7) is 1.22. The Kier molecular flexibility index (Phi) is 4.31. The molecule has 5 rings (SSSR count). The van der Waals surface area contributed by atoms with E-state index in [-0.39, 0.29) is 18.4 Å². The Labute approximate surface area is 167 Å². The predicted octanol–water partition coefficient (Wildman–Crippen LogP) is 2.51. The topological polar surface area (TPSA) is 86.9 Å². The normalized spacial score (nSPS) is 18.2. The zero-order valence-corrected chi connectivity index (χ0v) is 15.8. The second-order valence-electron chi connectivity index (χ2n) is 6.96. The molecule has 2 aromatic carbocycles. The molecule has 1 atom stereocenters. The first-order chi connectivity index (χ1) is 14.2. The molecule has 2 aliphatic heterocycles. The fourth-order valence-corrected chi connectivity index (χ4v) is 3.50. The molecule has 0 N–H and O–H groups in total. The van der Waals surface area contributed by atoms with Crippen molar-refractivity contribution in [3.63, 3.8) is 0 Å². The molecule has 148 valence electrons. The van der Waals surface area contributed by atoms with E-state index in [1.165, 1.54) is 0 Å². The molecule has 8 heteroatoms. The summed E-state index contributed by atoms with van der Waals surface area (Å²) < 4.78 is 22.2. The van der Waals surface area contributed by atoms with Gasteiger partial charge in [0.1, 0.15) is 12.4 Å². The number of ether oxygens (including phenoxy) is 3. The van der Waals surface area contributed by atoms with Crippen LogP contribution < -0.4 is 14.2 Å². The number of para-hydroxylation sites is 3. The van der Waals surface area contributed by atoms with Gasteiger partial charge in [-0.2, -0.15) is 4.98 Å². The van der Waals surface area contributed by atoms with Gasteiger partial charge in [-0.1, -0.05) is 29.4 Å². The van der Waals surface area contributed by atoms with Crippen molar-refractivity contribution < 1.29 is 23.5 Å². The van der Waals surface area contributed by atoms with E-state index >= 15 is 0 Å².